The van der Waals surface area contributed by atoms with Gasteiger partial charge in [-0.25, -0.2) is 4.79 Å². The predicted molar refractivity (Wildman–Crippen MR) is 111 cm³/mol. The van der Waals surface area contributed by atoms with Crippen molar-refractivity contribution in [1.82, 2.24) is 20.9 Å². The van der Waals surface area contributed by atoms with Crippen LogP contribution in [-0.2, 0) is 20.8 Å². The number of hydrogen-bond donors (Lipinski definition) is 3. The first-order valence-electron chi connectivity index (χ1n) is 10.0. The third kappa shape index (κ3) is 5.71. The second kappa shape index (κ2) is 10.1. The lowest BCUT2D eigenvalue weighted by atomic mass is 9.93. The Morgan fingerprint density at radius 2 is 1.90 bits per heavy atom. The lowest BCUT2D eigenvalue weighted by molar-refractivity contribution is -0.135. The number of ether oxygens (including phenoxy) is 1. The number of amides is 5. The van der Waals surface area contributed by atoms with E-state index in [1.807, 2.05) is 31.2 Å². The maximum absolute atomic E-state index is 12.8. The van der Waals surface area contributed by atoms with E-state index < -0.39 is 36.0 Å². The van der Waals surface area contributed by atoms with Gasteiger partial charge in [0.15, 0.2) is 0 Å². The van der Waals surface area contributed by atoms with Gasteiger partial charge in [-0.15, -0.1) is 0 Å². The standard InChI is InChI=1S/C21H30N4O5/c1-5-12-22-18(27)14(2)23-17(26)13-25-19(28)21(3,24-20(25)29)11-10-15-6-8-16(30-4)9-7-15/h6-9,14H,5,10-13H2,1-4H3,(H,22,27)(H,23,26)(H,24,29)/t14-,21+/m0/s1. The molecule has 0 aromatic heterocycles. The maximum Gasteiger partial charge on any atom is 0.325 e. The van der Waals surface area contributed by atoms with Gasteiger partial charge in [0, 0.05) is 6.54 Å². The summed E-state index contributed by atoms with van der Waals surface area (Å²) in [6.45, 7) is 5.20. The Bertz CT molecular complexity index is 795. The van der Waals surface area contributed by atoms with E-state index in [9.17, 15) is 19.2 Å². The molecule has 30 heavy (non-hydrogen) atoms. The molecule has 2 atom stereocenters. The molecular formula is C21H30N4O5. The van der Waals surface area contributed by atoms with Crippen molar-refractivity contribution in [3.05, 3.63) is 29.8 Å². The normalized spacial score (nSPS) is 19.3. The van der Waals surface area contributed by atoms with Crippen molar-refractivity contribution in [3.8, 4) is 5.75 Å². The maximum atomic E-state index is 12.8. The van der Waals surface area contributed by atoms with Crippen LogP contribution in [0.1, 0.15) is 39.2 Å². The third-order valence-electron chi connectivity index (χ3n) is 5.04. The molecule has 1 fully saturated rings. The Balaban J connectivity index is 1.92. The van der Waals surface area contributed by atoms with Gasteiger partial charge in [0.2, 0.25) is 11.8 Å². The Hall–Kier alpha value is -3.10. The molecule has 0 aliphatic carbocycles. The molecule has 9 nitrogen and oxygen atoms in total. The van der Waals surface area contributed by atoms with Gasteiger partial charge in [-0.1, -0.05) is 19.1 Å². The minimum absolute atomic E-state index is 0.313. The summed E-state index contributed by atoms with van der Waals surface area (Å²) in [6.07, 6.45) is 1.74. The minimum Gasteiger partial charge on any atom is -0.497 e. The number of carbonyl (C=O) groups excluding carboxylic acids is 4. The van der Waals surface area contributed by atoms with Crippen LogP contribution < -0.4 is 20.7 Å². The van der Waals surface area contributed by atoms with Crippen LogP contribution in [0.25, 0.3) is 0 Å². The topological polar surface area (TPSA) is 117 Å². The molecule has 1 aromatic carbocycles. The highest BCUT2D eigenvalue weighted by Gasteiger charge is 2.47. The average Bonchev–Trinajstić information content (AvgIpc) is 2.94. The fraction of sp³-hybridized carbons (Fsp3) is 0.524. The smallest absolute Gasteiger partial charge is 0.325 e. The van der Waals surface area contributed by atoms with E-state index in [-0.39, 0.29) is 5.91 Å². The van der Waals surface area contributed by atoms with Crippen LogP contribution in [0.15, 0.2) is 24.3 Å². The molecular weight excluding hydrogens is 388 g/mol. The first-order chi connectivity index (χ1) is 14.2. The number of methoxy groups -OCH3 is 1. The average molecular weight is 418 g/mol. The van der Waals surface area contributed by atoms with Crippen LogP contribution >= 0.6 is 0 Å². The highest BCUT2D eigenvalue weighted by atomic mass is 16.5. The van der Waals surface area contributed by atoms with Gasteiger partial charge >= 0.3 is 6.03 Å². The van der Waals surface area contributed by atoms with Gasteiger partial charge in [0.25, 0.3) is 5.91 Å². The number of hydrogen-bond acceptors (Lipinski definition) is 5. The van der Waals surface area contributed by atoms with E-state index in [0.717, 1.165) is 22.6 Å². The second-order valence-corrected chi connectivity index (χ2v) is 7.58. The molecule has 9 heteroatoms. The Labute approximate surface area is 176 Å². The second-order valence-electron chi connectivity index (χ2n) is 7.58. The summed E-state index contributed by atoms with van der Waals surface area (Å²) in [5.41, 5.74) is -0.0938. The van der Waals surface area contributed by atoms with E-state index in [4.69, 9.17) is 4.74 Å². The number of aryl methyl sites for hydroxylation is 1. The highest BCUT2D eigenvalue weighted by Crippen LogP contribution is 2.24. The van der Waals surface area contributed by atoms with Gasteiger partial charge in [-0.05, 0) is 50.8 Å². The molecule has 0 radical (unpaired) electrons. The number of rotatable bonds is 10. The number of imide groups is 1. The summed E-state index contributed by atoms with van der Waals surface area (Å²) in [7, 11) is 1.59. The molecule has 0 bridgehead atoms. The monoisotopic (exact) mass is 418 g/mol. The van der Waals surface area contributed by atoms with Crippen LogP contribution in [0.2, 0.25) is 0 Å². The summed E-state index contributed by atoms with van der Waals surface area (Å²) in [6, 6.07) is 6.10. The van der Waals surface area contributed by atoms with Crippen molar-refractivity contribution < 1.29 is 23.9 Å². The zero-order valence-electron chi connectivity index (χ0n) is 17.9. The summed E-state index contributed by atoms with van der Waals surface area (Å²) in [4.78, 5) is 50.1. The largest absolute Gasteiger partial charge is 0.497 e. The SMILES string of the molecule is CCCNC(=O)[C@H](C)NC(=O)CN1C(=O)N[C@](C)(CCc2ccc(OC)cc2)C1=O. The summed E-state index contributed by atoms with van der Waals surface area (Å²) in [5, 5.41) is 7.88. The van der Waals surface area contributed by atoms with E-state index in [2.05, 4.69) is 16.0 Å². The molecule has 0 saturated carbocycles. The van der Waals surface area contributed by atoms with Crippen molar-refractivity contribution in [2.24, 2.45) is 0 Å². The number of nitrogens with zero attached hydrogens (tertiary/aromatic N) is 1. The highest BCUT2D eigenvalue weighted by molar-refractivity contribution is 6.09. The number of nitrogens with one attached hydrogen (secondary N) is 3. The molecule has 0 unspecified atom stereocenters. The third-order valence-corrected chi connectivity index (χ3v) is 5.04. The quantitative estimate of drug-likeness (QED) is 0.490. The Morgan fingerprint density at radius 1 is 1.23 bits per heavy atom. The van der Waals surface area contributed by atoms with Crippen LogP contribution in [0.5, 0.6) is 5.75 Å². The Kier molecular flexibility index (Phi) is 7.79. The molecule has 5 amide bonds. The predicted octanol–water partition coefficient (Wildman–Crippen LogP) is 0.969. The van der Waals surface area contributed by atoms with Crippen molar-refractivity contribution in [2.75, 3.05) is 20.2 Å². The summed E-state index contributed by atoms with van der Waals surface area (Å²) < 4.78 is 5.13. The molecule has 1 aromatic rings. The lowest BCUT2D eigenvalue weighted by Crippen LogP contribution is -2.49. The fourth-order valence-corrected chi connectivity index (χ4v) is 3.14. The molecule has 1 saturated heterocycles. The number of benzene rings is 1. The van der Waals surface area contributed by atoms with Crippen LogP contribution in [-0.4, -0.2) is 60.4 Å². The van der Waals surface area contributed by atoms with Crippen LogP contribution in [0.3, 0.4) is 0 Å². The molecule has 164 valence electrons. The van der Waals surface area contributed by atoms with Crippen LogP contribution in [0, 0.1) is 0 Å². The van der Waals surface area contributed by atoms with Crippen LogP contribution in [0.4, 0.5) is 4.79 Å². The van der Waals surface area contributed by atoms with Crippen molar-refractivity contribution in [2.45, 2.75) is 51.6 Å². The molecule has 0 spiro atoms. The zero-order chi connectivity index (χ0) is 22.3. The van der Waals surface area contributed by atoms with Gasteiger partial charge in [0.05, 0.1) is 7.11 Å². The molecule has 1 aliphatic heterocycles. The zero-order valence-corrected chi connectivity index (χ0v) is 17.9. The number of urea groups is 1. The molecule has 3 N–H and O–H groups in total. The van der Waals surface area contributed by atoms with Gasteiger partial charge in [0.1, 0.15) is 23.9 Å². The molecule has 1 heterocycles. The minimum atomic E-state index is -1.10. The van der Waals surface area contributed by atoms with Gasteiger partial charge in [-0.2, -0.15) is 0 Å². The first-order valence-corrected chi connectivity index (χ1v) is 10.0. The first kappa shape index (κ1) is 23.2. The van der Waals surface area contributed by atoms with E-state index in [1.165, 1.54) is 0 Å². The lowest BCUT2D eigenvalue weighted by Gasteiger charge is -2.22. The Morgan fingerprint density at radius 3 is 2.50 bits per heavy atom. The van der Waals surface area contributed by atoms with Crippen molar-refractivity contribution in [3.63, 3.8) is 0 Å². The van der Waals surface area contributed by atoms with E-state index >= 15 is 0 Å². The van der Waals surface area contributed by atoms with E-state index in [1.54, 1.807) is 21.0 Å². The molecule has 1 aliphatic rings. The van der Waals surface area contributed by atoms with Gasteiger partial charge < -0.3 is 20.7 Å². The van der Waals surface area contributed by atoms with Gasteiger partial charge in [-0.3, -0.25) is 19.3 Å². The van der Waals surface area contributed by atoms with Crippen molar-refractivity contribution in [1.29, 1.82) is 0 Å². The summed E-state index contributed by atoms with van der Waals surface area (Å²) in [5.74, 6) is -0.604. The number of carbonyl (C=O) groups is 4. The fourth-order valence-electron chi connectivity index (χ4n) is 3.14. The van der Waals surface area contributed by atoms with E-state index in [0.29, 0.717) is 19.4 Å². The van der Waals surface area contributed by atoms with Crippen molar-refractivity contribution >= 4 is 23.8 Å². The summed E-state index contributed by atoms with van der Waals surface area (Å²) >= 11 is 0. The molecule has 2 rings (SSSR count).